The summed E-state index contributed by atoms with van der Waals surface area (Å²) in [6.45, 7) is 14.3. The number of nitrogens with one attached hydrogen (secondary N) is 4. The number of benzene rings is 1. The summed E-state index contributed by atoms with van der Waals surface area (Å²) in [6.07, 6.45) is 3.16. The van der Waals surface area contributed by atoms with Gasteiger partial charge in [0.15, 0.2) is 0 Å². The van der Waals surface area contributed by atoms with Crippen molar-refractivity contribution in [3.63, 3.8) is 0 Å². The van der Waals surface area contributed by atoms with Gasteiger partial charge in [-0.15, -0.1) is 0 Å². The summed E-state index contributed by atoms with van der Waals surface area (Å²) in [7, 11) is 1.53. The number of hydrogen-bond acceptors (Lipinski definition) is 9. The quantitative estimate of drug-likeness (QED) is 0.0522. The lowest BCUT2D eigenvalue weighted by atomic mass is 9.95. The Morgan fingerprint density at radius 1 is 0.712 bits per heavy atom. The minimum atomic E-state index is -1.78. The van der Waals surface area contributed by atoms with Crippen LogP contribution in [0.3, 0.4) is 0 Å². The van der Waals surface area contributed by atoms with Gasteiger partial charge in [0.05, 0.1) is 18.9 Å². The molecule has 16 heteroatoms. The largest absolute Gasteiger partial charge is 0.481 e. The Morgan fingerprint density at radius 2 is 1.29 bits per heavy atom. The first-order chi connectivity index (χ1) is 27.7. The molecule has 0 aromatic heterocycles. The van der Waals surface area contributed by atoms with Gasteiger partial charge in [-0.1, -0.05) is 104 Å². The molecule has 332 valence electrons. The summed E-state index contributed by atoms with van der Waals surface area (Å²) < 4.78 is 5.56. The monoisotopic (exact) mass is 831 g/mol. The fraction of sp³-hybridized carbons (Fsp3) is 0.674. The molecule has 0 bridgehead atoms. The van der Waals surface area contributed by atoms with Crippen LogP contribution < -0.4 is 21.3 Å². The zero-order valence-electron chi connectivity index (χ0n) is 36.4. The molecule has 0 aliphatic heterocycles. The van der Waals surface area contributed by atoms with Crippen LogP contribution in [0, 0.1) is 17.8 Å². The van der Waals surface area contributed by atoms with Crippen LogP contribution in [-0.2, 0) is 49.5 Å². The van der Waals surface area contributed by atoms with Gasteiger partial charge in [-0.3, -0.25) is 33.6 Å². The second-order valence-corrected chi connectivity index (χ2v) is 16.2. The number of unbranched alkanes of at least 4 members (excludes halogenated alkanes) is 3. The molecule has 16 nitrogen and oxygen atoms in total. The van der Waals surface area contributed by atoms with E-state index in [2.05, 4.69) is 28.2 Å². The van der Waals surface area contributed by atoms with Crippen molar-refractivity contribution in [2.24, 2.45) is 17.8 Å². The summed E-state index contributed by atoms with van der Waals surface area (Å²) in [5.41, 5.74) is 0.961. The summed E-state index contributed by atoms with van der Waals surface area (Å²) in [5, 5.41) is 29.1. The molecule has 0 radical (unpaired) electrons. The lowest BCUT2D eigenvalue weighted by molar-refractivity contribution is -0.151. The van der Waals surface area contributed by atoms with Crippen LogP contribution in [0.15, 0.2) is 30.3 Å². The van der Waals surface area contributed by atoms with Gasteiger partial charge < -0.3 is 41.1 Å². The first-order valence-electron chi connectivity index (χ1n) is 20.9. The lowest BCUT2D eigenvalue weighted by Gasteiger charge is -2.33. The van der Waals surface area contributed by atoms with Gasteiger partial charge in [0.25, 0.3) is 0 Å². The Morgan fingerprint density at radius 3 is 1.81 bits per heavy atom. The standard InChI is InChI=1S/C43H69N5O11/c1-10-12-13-15-18-29(8)59-36(52)25-32(40(54)44-31(24-35(50)51)39(53)46-33(43(57)58)23-26(3)4)45-41(55)37(28(7)11-2)47-42(56)38(27(5)6)48(9)34(49)22-21-30-19-16-14-17-20-30/h14,16-17,19-20,26-29,31-33,37-38H,10-13,15,18,21-25H2,1-9H3,(H,44,54)(H,45,55)(H,46,53)(H,47,56)(H,50,51)(H,57,58)/t28-,29-,31-,32?,33-,37-,38-/m0/s1. The van der Waals surface area contributed by atoms with Crippen LogP contribution >= 0.6 is 0 Å². The molecule has 0 aliphatic carbocycles. The fourth-order valence-electron chi connectivity index (χ4n) is 6.54. The highest BCUT2D eigenvalue weighted by Gasteiger charge is 2.37. The van der Waals surface area contributed by atoms with Crippen molar-refractivity contribution in [2.45, 2.75) is 162 Å². The maximum atomic E-state index is 14.1. The van der Waals surface area contributed by atoms with Gasteiger partial charge in [0.2, 0.25) is 29.5 Å². The van der Waals surface area contributed by atoms with E-state index in [1.807, 2.05) is 30.3 Å². The zero-order chi connectivity index (χ0) is 44.8. The molecule has 0 spiro atoms. The Balaban J connectivity index is 3.42. The predicted octanol–water partition coefficient (Wildman–Crippen LogP) is 3.99. The molecule has 0 saturated heterocycles. The number of esters is 1. The highest BCUT2D eigenvalue weighted by molar-refractivity contribution is 5.98. The lowest BCUT2D eigenvalue weighted by Crippen LogP contribution is -2.61. The number of carbonyl (C=O) groups is 8. The second-order valence-electron chi connectivity index (χ2n) is 16.2. The topological polar surface area (TPSA) is 238 Å². The van der Waals surface area contributed by atoms with Crippen LogP contribution in [0.5, 0.6) is 0 Å². The first kappa shape index (κ1) is 52.0. The van der Waals surface area contributed by atoms with Gasteiger partial charge in [0.1, 0.15) is 30.2 Å². The molecular weight excluding hydrogens is 762 g/mol. The van der Waals surface area contributed by atoms with Crippen LogP contribution in [0.2, 0.25) is 0 Å². The maximum absolute atomic E-state index is 14.1. The number of carboxylic acid groups (broad SMARTS) is 2. The summed E-state index contributed by atoms with van der Waals surface area (Å²) in [4.78, 5) is 107. The van der Waals surface area contributed by atoms with Crippen molar-refractivity contribution in [3.8, 4) is 0 Å². The Bertz CT molecular complexity index is 1540. The highest BCUT2D eigenvalue weighted by Crippen LogP contribution is 2.17. The third-order valence-corrected chi connectivity index (χ3v) is 10.1. The third-order valence-electron chi connectivity index (χ3n) is 10.1. The van der Waals surface area contributed by atoms with Gasteiger partial charge in [0, 0.05) is 13.5 Å². The van der Waals surface area contributed by atoms with E-state index in [-0.39, 0.29) is 30.6 Å². The van der Waals surface area contributed by atoms with Crippen LogP contribution in [0.25, 0.3) is 0 Å². The summed E-state index contributed by atoms with van der Waals surface area (Å²) in [5.74, 6) is -8.66. The van der Waals surface area contributed by atoms with Crippen molar-refractivity contribution in [1.82, 2.24) is 26.2 Å². The van der Waals surface area contributed by atoms with Gasteiger partial charge in [-0.25, -0.2) is 4.79 Å². The number of amides is 5. The summed E-state index contributed by atoms with van der Waals surface area (Å²) in [6, 6.07) is 2.34. The molecule has 7 atom stereocenters. The zero-order valence-corrected chi connectivity index (χ0v) is 36.4. The minimum absolute atomic E-state index is 0.0218. The molecule has 5 amide bonds. The number of aliphatic carboxylic acids is 2. The molecule has 1 aromatic rings. The fourth-order valence-corrected chi connectivity index (χ4v) is 6.54. The minimum Gasteiger partial charge on any atom is -0.481 e. The van der Waals surface area contributed by atoms with E-state index in [1.165, 1.54) is 11.9 Å². The average Bonchev–Trinajstić information content (AvgIpc) is 3.16. The Labute approximate surface area is 349 Å². The first-order valence-corrected chi connectivity index (χ1v) is 20.9. The van der Waals surface area contributed by atoms with Crippen LogP contribution in [-0.4, -0.2) is 106 Å². The second kappa shape index (κ2) is 26.9. The number of carboxylic acids is 2. The number of nitrogens with zero attached hydrogens (tertiary/aromatic N) is 1. The van der Waals surface area contributed by atoms with E-state index < -0.39 is 96.6 Å². The Hall–Kier alpha value is -5.02. The van der Waals surface area contributed by atoms with E-state index in [4.69, 9.17) is 4.74 Å². The highest BCUT2D eigenvalue weighted by atomic mass is 16.5. The molecule has 0 saturated carbocycles. The van der Waals surface area contributed by atoms with E-state index >= 15 is 0 Å². The molecule has 0 heterocycles. The average molecular weight is 832 g/mol. The molecular formula is C43H69N5O11. The van der Waals surface area contributed by atoms with Gasteiger partial charge >= 0.3 is 17.9 Å². The molecule has 1 rings (SSSR count). The Kier molecular flexibility index (Phi) is 23.7. The number of likely N-dealkylation sites (N-methyl/N-ethyl adjacent to an activating group) is 1. The molecule has 6 N–H and O–H groups in total. The normalized spacial score (nSPS) is 14.8. The van der Waals surface area contributed by atoms with E-state index in [0.717, 1.165) is 31.2 Å². The molecule has 1 aromatic carbocycles. The van der Waals surface area contributed by atoms with Crippen molar-refractivity contribution in [3.05, 3.63) is 35.9 Å². The number of carbonyl (C=O) groups excluding carboxylic acids is 6. The number of aryl methyl sites for hydroxylation is 1. The van der Waals surface area contributed by atoms with Crippen molar-refractivity contribution in [1.29, 1.82) is 0 Å². The van der Waals surface area contributed by atoms with E-state index in [9.17, 15) is 48.6 Å². The van der Waals surface area contributed by atoms with Crippen molar-refractivity contribution in [2.75, 3.05) is 7.05 Å². The maximum Gasteiger partial charge on any atom is 0.326 e. The SMILES string of the molecule is CCCCCC[C@H](C)OC(=O)CC(NC(=O)[C@@H](NC(=O)[C@H](C(C)C)N(C)C(=O)CCc1ccccc1)[C@@H](C)CC)C(=O)N[C@@H](CC(=O)O)C(=O)N[C@@H](CC(C)C)C(=O)O. The molecule has 59 heavy (non-hydrogen) atoms. The number of ether oxygens (including phenoxy) is 1. The third kappa shape index (κ3) is 19.5. The smallest absolute Gasteiger partial charge is 0.326 e. The van der Waals surface area contributed by atoms with Gasteiger partial charge in [-0.05, 0) is 55.9 Å². The van der Waals surface area contributed by atoms with Crippen molar-refractivity contribution >= 4 is 47.4 Å². The van der Waals surface area contributed by atoms with Crippen LogP contribution in [0.4, 0.5) is 0 Å². The van der Waals surface area contributed by atoms with Crippen LogP contribution in [0.1, 0.15) is 125 Å². The molecule has 1 unspecified atom stereocenters. The van der Waals surface area contributed by atoms with Crippen molar-refractivity contribution < 1.29 is 53.3 Å². The van der Waals surface area contributed by atoms with E-state index in [1.54, 1.807) is 48.5 Å². The molecule has 0 aliphatic rings. The summed E-state index contributed by atoms with van der Waals surface area (Å²) >= 11 is 0. The van der Waals surface area contributed by atoms with Gasteiger partial charge in [-0.2, -0.15) is 0 Å². The number of hydrogen-bond donors (Lipinski definition) is 6. The number of rotatable bonds is 28. The predicted molar refractivity (Wildman–Crippen MR) is 222 cm³/mol. The molecule has 0 fully saturated rings. The van der Waals surface area contributed by atoms with E-state index in [0.29, 0.717) is 19.3 Å².